The standard InChI is InChI=1S/C22H18F3NO3/c1-14(27)6-7-16-4-3-5-19(12-16)28-13-20-15(2)29-21(26-20)17-8-10-18(11-9-17)22(23,24)25/h3-12H,13H2,1-2H3/b7-6+. The molecule has 4 nitrogen and oxygen atoms in total. The van der Waals surface area contributed by atoms with Gasteiger partial charge in [0, 0.05) is 5.56 Å². The van der Waals surface area contributed by atoms with Gasteiger partial charge in [-0.05, 0) is 61.9 Å². The van der Waals surface area contributed by atoms with Crippen molar-refractivity contribution in [3.8, 4) is 17.2 Å². The van der Waals surface area contributed by atoms with Crippen molar-refractivity contribution < 1.29 is 27.1 Å². The highest BCUT2D eigenvalue weighted by Crippen LogP contribution is 2.31. The Morgan fingerprint density at radius 1 is 1.17 bits per heavy atom. The number of rotatable bonds is 6. The highest BCUT2D eigenvalue weighted by Gasteiger charge is 2.30. The molecule has 0 fully saturated rings. The van der Waals surface area contributed by atoms with Gasteiger partial charge in [0.25, 0.3) is 0 Å². The Labute approximate surface area is 165 Å². The van der Waals surface area contributed by atoms with Crippen LogP contribution in [0.4, 0.5) is 13.2 Å². The van der Waals surface area contributed by atoms with E-state index in [9.17, 15) is 18.0 Å². The number of ether oxygens (including phenoxy) is 1. The van der Waals surface area contributed by atoms with Crippen LogP contribution in [0.25, 0.3) is 17.5 Å². The summed E-state index contributed by atoms with van der Waals surface area (Å²) in [5.74, 6) is 1.29. The average molecular weight is 401 g/mol. The summed E-state index contributed by atoms with van der Waals surface area (Å²) in [7, 11) is 0. The van der Waals surface area contributed by atoms with Crippen LogP contribution in [0, 0.1) is 6.92 Å². The number of carbonyl (C=O) groups is 1. The van der Waals surface area contributed by atoms with E-state index in [1.165, 1.54) is 25.1 Å². The van der Waals surface area contributed by atoms with Gasteiger partial charge in [0.15, 0.2) is 5.78 Å². The highest BCUT2D eigenvalue weighted by molar-refractivity contribution is 5.91. The monoisotopic (exact) mass is 401 g/mol. The number of aryl methyl sites for hydroxylation is 1. The molecule has 150 valence electrons. The third-order valence-corrected chi connectivity index (χ3v) is 4.10. The Morgan fingerprint density at radius 2 is 1.90 bits per heavy atom. The maximum Gasteiger partial charge on any atom is 0.416 e. The number of oxazole rings is 1. The number of allylic oxidation sites excluding steroid dienone is 1. The van der Waals surface area contributed by atoms with Crippen molar-refractivity contribution in [3.05, 3.63) is 77.2 Å². The second-order valence-electron chi connectivity index (χ2n) is 6.40. The van der Waals surface area contributed by atoms with Crippen LogP contribution in [0.5, 0.6) is 5.75 Å². The Bertz CT molecular complexity index is 1030. The first-order valence-electron chi connectivity index (χ1n) is 8.78. The molecule has 1 heterocycles. The lowest BCUT2D eigenvalue weighted by Crippen LogP contribution is -2.04. The number of aromatic nitrogens is 1. The van der Waals surface area contributed by atoms with Gasteiger partial charge in [-0.2, -0.15) is 13.2 Å². The molecule has 0 aliphatic heterocycles. The Morgan fingerprint density at radius 3 is 2.55 bits per heavy atom. The van der Waals surface area contributed by atoms with Crippen molar-refractivity contribution in [2.75, 3.05) is 0 Å². The number of hydrogen-bond donors (Lipinski definition) is 0. The van der Waals surface area contributed by atoms with Crippen molar-refractivity contribution in [3.63, 3.8) is 0 Å². The number of hydrogen-bond acceptors (Lipinski definition) is 4. The molecule has 0 bridgehead atoms. The van der Waals surface area contributed by atoms with Gasteiger partial charge in [-0.15, -0.1) is 0 Å². The number of ketones is 1. The third-order valence-electron chi connectivity index (χ3n) is 4.10. The minimum Gasteiger partial charge on any atom is -0.487 e. The molecule has 0 atom stereocenters. The fourth-order valence-corrected chi connectivity index (χ4v) is 2.56. The topological polar surface area (TPSA) is 52.3 Å². The molecule has 0 saturated carbocycles. The lowest BCUT2D eigenvalue weighted by Gasteiger charge is -2.06. The molecule has 0 radical (unpaired) electrons. The Hall–Kier alpha value is -3.35. The molecule has 3 aromatic rings. The zero-order chi connectivity index (χ0) is 21.0. The van der Waals surface area contributed by atoms with Crippen molar-refractivity contribution in [1.82, 2.24) is 4.98 Å². The molecule has 0 aliphatic carbocycles. The quantitative estimate of drug-likeness (QED) is 0.486. The van der Waals surface area contributed by atoms with Crippen LogP contribution in [0.2, 0.25) is 0 Å². The summed E-state index contributed by atoms with van der Waals surface area (Å²) in [4.78, 5) is 15.4. The number of benzene rings is 2. The van der Waals surface area contributed by atoms with Crippen LogP contribution in [0.15, 0.2) is 59.0 Å². The summed E-state index contributed by atoms with van der Waals surface area (Å²) in [6, 6.07) is 11.8. The average Bonchev–Trinajstić information content (AvgIpc) is 3.05. The van der Waals surface area contributed by atoms with E-state index in [0.29, 0.717) is 22.8 Å². The van der Waals surface area contributed by atoms with E-state index in [1.54, 1.807) is 31.2 Å². The first-order valence-corrected chi connectivity index (χ1v) is 8.78. The van der Waals surface area contributed by atoms with Gasteiger partial charge in [-0.1, -0.05) is 18.2 Å². The molecule has 0 unspecified atom stereocenters. The van der Waals surface area contributed by atoms with E-state index < -0.39 is 11.7 Å². The van der Waals surface area contributed by atoms with Crippen molar-refractivity contribution in [2.45, 2.75) is 26.6 Å². The van der Waals surface area contributed by atoms with Crippen molar-refractivity contribution in [1.29, 1.82) is 0 Å². The smallest absolute Gasteiger partial charge is 0.416 e. The molecule has 7 heteroatoms. The fraction of sp³-hybridized carbons (Fsp3) is 0.182. The highest BCUT2D eigenvalue weighted by atomic mass is 19.4. The van der Waals surface area contributed by atoms with Crippen LogP contribution in [-0.2, 0) is 17.6 Å². The molecule has 1 aromatic heterocycles. The van der Waals surface area contributed by atoms with Crippen LogP contribution in [-0.4, -0.2) is 10.8 Å². The molecular formula is C22H18F3NO3. The molecule has 0 spiro atoms. The second kappa shape index (κ2) is 8.34. The Kier molecular flexibility index (Phi) is 5.87. The molecule has 0 N–H and O–H groups in total. The van der Waals surface area contributed by atoms with Crippen LogP contribution in [0.3, 0.4) is 0 Å². The summed E-state index contributed by atoms with van der Waals surface area (Å²) in [6.07, 6.45) is -1.23. The van der Waals surface area contributed by atoms with Gasteiger partial charge in [0.05, 0.1) is 5.56 Å². The maximum atomic E-state index is 12.7. The molecule has 0 aliphatic rings. The number of alkyl halides is 3. The largest absolute Gasteiger partial charge is 0.487 e. The van der Waals surface area contributed by atoms with Gasteiger partial charge in [-0.3, -0.25) is 4.79 Å². The zero-order valence-electron chi connectivity index (χ0n) is 15.8. The van der Waals surface area contributed by atoms with Gasteiger partial charge < -0.3 is 9.15 Å². The summed E-state index contributed by atoms with van der Waals surface area (Å²) < 4.78 is 49.4. The van der Waals surface area contributed by atoms with Crippen molar-refractivity contribution >= 4 is 11.9 Å². The number of nitrogens with zero attached hydrogens (tertiary/aromatic N) is 1. The molecular weight excluding hydrogens is 383 g/mol. The fourth-order valence-electron chi connectivity index (χ4n) is 2.56. The molecule has 0 saturated heterocycles. The number of halogens is 3. The van der Waals surface area contributed by atoms with Gasteiger partial charge in [0.2, 0.25) is 5.89 Å². The molecule has 0 amide bonds. The summed E-state index contributed by atoms with van der Waals surface area (Å²) in [6.45, 7) is 3.32. The van der Waals surface area contributed by atoms with Crippen LogP contribution < -0.4 is 4.74 Å². The lowest BCUT2D eigenvalue weighted by molar-refractivity contribution is -0.137. The normalized spacial score (nSPS) is 11.8. The number of carbonyl (C=O) groups excluding carboxylic acids is 1. The van der Waals surface area contributed by atoms with Crippen LogP contribution in [0.1, 0.15) is 29.5 Å². The van der Waals surface area contributed by atoms with E-state index >= 15 is 0 Å². The third kappa shape index (κ3) is 5.34. The summed E-state index contributed by atoms with van der Waals surface area (Å²) >= 11 is 0. The van der Waals surface area contributed by atoms with Gasteiger partial charge in [0.1, 0.15) is 23.8 Å². The lowest BCUT2D eigenvalue weighted by atomic mass is 10.1. The van der Waals surface area contributed by atoms with Gasteiger partial charge in [-0.25, -0.2) is 4.98 Å². The van der Waals surface area contributed by atoms with E-state index in [4.69, 9.17) is 9.15 Å². The first kappa shape index (κ1) is 20.4. The second-order valence-corrected chi connectivity index (χ2v) is 6.40. The van der Waals surface area contributed by atoms with E-state index in [1.807, 2.05) is 6.07 Å². The van der Waals surface area contributed by atoms with E-state index in [2.05, 4.69) is 4.98 Å². The maximum absolute atomic E-state index is 12.7. The molecule has 29 heavy (non-hydrogen) atoms. The predicted molar refractivity (Wildman–Crippen MR) is 102 cm³/mol. The van der Waals surface area contributed by atoms with Crippen LogP contribution >= 0.6 is 0 Å². The molecule has 3 rings (SSSR count). The van der Waals surface area contributed by atoms with Crippen molar-refractivity contribution in [2.24, 2.45) is 0 Å². The summed E-state index contributed by atoms with van der Waals surface area (Å²) in [5.41, 5.74) is 1.08. The van der Waals surface area contributed by atoms with E-state index in [-0.39, 0.29) is 18.3 Å². The molecule has 2 aromatic carbocycles. The zero-order valence-corrected chi connectivity index (χ0v) is 15.8. The predicted octanol–water partition coefficient (Wildman–Crippen LogP) is 5.85. The van der Waals surface area contributed by atoms with Gasteiger partial charge >= 0.3 is 6.18 Å². The first-order chi connectivity index (χ1) is 13.7. The minimum absolute atomic E-state index is 0.0506. The SMILES string of the molecule is CC(=O)/C=C/c1cccc(OCc2nc(-c3ccc(C(F)(F)F)cc3)oc2C)c1. The summed E-state index contributed by atoms with van der Waals surface area (Å²) in [5, 5.41) is 0. The minimum atomic E-state index is -4.39. The van der Waals surface area contributed by atoms with E-state index in [0.717, 1.165) is 17.7 Å². The Balaban J connectivity index is 1.71.